The summed E-state index contributed by atoms with van der Waals surface area (Å²) in [5.74, 6) is 0.208. The molecule has 0 spiro atoms. The summed E-state index contributed by atoms with van der Waals surface area (Å²) in [5.41, 5.74) is 3.90. The third kappa shape index (κ3) is 7.29. The molecular formula is C24H30N2O4S. The highest BCUT2D eigenvalue weighted by atomic mass is 32.2. The van der Waals surface area contributed by atoms with E-state index in [1.54, 1.807) is 24.3 Å². The Morgan fingerprint density at radius 2 is 1.81 bits per heavy atom. The van der Waals surface area contributed by atoms with E-state index in [0.717, 1.165) is 11.8 Å². The smallest absolute Gasteiger partial charge is 0.244 e. The van der Waals surface area contributed by atoms with Crippen molar-refractivity contribution in [3.63, 3.8) is 0 Å². The van der Waals surface area contributed by atoms with Crippen LogP contribution in [-0.2, 0) is 26.8 Å². The van der Waals surface area contributed by atoms with Gasteiger partial charge in [-0.3, -0.25) is 9.52 Å². The Hall–Kier alpha value is -3.06. The number of benzene rings is 2. The predicted molar refractivity (Wildman–Crippen MR) is 128 cm³/mol. The molecule has 2 rings (SSSR count). The Labute approximate surface area is 185 Å². The van der Waals surface area contributed by atoms with E-state index in [2.05, 4.69) is 49.5 Å². The number of rotatable bonds is 8. The number of amides is 1. The zero-order valence-electron chi connectivity index (χ0n) is 18.7. The highest BCUT2D eigenvalue weighted by Gasteiger charge is 2.13. The summed E-state index contributed by atoms with van der Waals surface area (Å²) in [6.45, 7) is 10.4. The molecule has 2 aromatic rings. The third-order valence-electron chi connectivity index (χ3n) is 4.62. The summed E-state index contributed by atoms with van der Waals surface area (Å²) >= 11 is 0. The van der Waals surface area contributed by atoms with Gasteiger partial charge in [0.25, 0.3) is 0 Å². The van der Waals surface area contributed by atoms with Gasteiger partial charge in [-0.25, -0.2) is 8.42 Å². The molecule has 0 atom stereocenters. The van der Waals surface area contributed by atoms with E-state index in [4.69, 9.17) is 4.74 Å². The number of sulfonamides is 1. The van der Waals surface area contributed by atoms with Crippen molar-refractivity contribution in [2.45, 2.75) is 32.7 Å². The van der Waals surface area contributed by atoms with Crippen LogP contribution in [0.1, 0.15) is 43.0 Å². The second-order valence-electron chi connectivity index (χ2n) is 8.25. The molecule has 0 aliphatic heterocycles. The van der Waals surface area contributed by atoms with Crippen molar-refractivity contribution in [1.29, 1.82) is 0 Å². The Kier molecular flexibility index (Phi) is 7.68. The fraction of sp³-hybridized carbons (Fsp3) is 0.292. The van der Waals surface area contributed by atoms with Gasteiger partial charge in [0, 0.05) is 24.3 Å². The molecule has 7 heteroatoms. The molecule has 2 aromatic carbocycles. The molecule has 0 radical (unpaired) electrons. The van der Waals surface area contributed by atoms with Crippen molar-refractivity contribution < 1.29 is 17.9 Å². The van der Waals surface area contributed by atoms with Gasteiger partial charge in [-0.1, -0.05) is 57.7 Å². The van der Waals surface area contributed by atoms with Crippen LogP contribution in [0, 0.1) is 0 Å². The molecule has 0 saturated heterocycles. The fourth-order valence-electron chi connectivity index (χ4n) is 2.94. The van der Waals surface area contributed by atoms with Gasteiger partial charge in [0.15, 0.2) is 0 Å². The second-order valence-corrected chi connectivity index (χ2v) is 10.0. The third-order valence-corrected chi connectivity index (χ3v) is 5.22. The van der Waals surface area contributed by atoms with Gasteiger partial charge in [0.05, 0.1) is 19.1 Å². The van der Waals surface area contributed by atoms with Crippen molar-refractivity contribution in [2.75, 3.05) is 18.1 Å². The summed E-state index contributed by atoms with van der Waals surface area (Å²) in [6, 6.07) is 11.4. The number of carbonyl (C=O) groups excluding carboxylic acids is 1. The zero-order valence-corrected chi connectivity index (χ0v) is 19.5. The topological polar surface area (TPSA) is 84.5 Å². The average Bonchev–Trinajstić information content (AvgIpc) is 2.69. The summed E-state index contributed by atoms with van der Waals surface area (Å²) in [6.07, 6.45) is 5.85. The first-order chi connectivity index (χ1) is 14.4. The number of hydrogen-bond acceptors (Lipinski definition) is 4. The molecule has 6 nitrogen and oxygen atoms in total. The predicted octanol–water partition coefficient (Wildman–Crippen LogP) is 4.34. The summed E-state index contributed by atoms with van der Waals surface area (Å²) in [4.78, 5) is 12.3. The van der Waals surface area contributed by atoms with Crippen LogP contribution in [0.3, 0.4) is 0 Å². The van der Waals surface area contributed by atoms with E-state index < -0.39 is 10.0 Å². The fourth-order valence-corrected chi connectivity index (χ4v) is 3.51. The lowest BCUT2D eigenvalue weighted by Gasteiger charge is -2.18. The van der Waals surface area contributed by atoms with E-state index in [1.807, 2.05) is 12.1 Å². The first kappa shape index (κ1) is 24.2. The van der Waals surface area contributed by atoms with E-state index in [-0.39, 0.29) is 17.9 Å². The van der Waals surface area contributed by atoms with Crippen LogP contribution in [0.4, 0.5) is 5.69 Å². The molecular weight excluding hydrogens is 412 g/mol. The number of ether oxygens (including phenoxy) is 1. The molecule has 0 bridgehead atoms. The van der Waals surface area contributed by atoms with Crippen LogP contribution in [0.15, 0.2) is 49.1 Å². The number of hydrogen-bond donors (Lipinski definition) is 2. The lowest BCUT2D eigenvalue weighted by Crippen LogP contribution is -2.21. The highest BCUT2D eigenvalue weighted by Crippen LogP contribution is 2.29. The number of methoxy groups -OCH3 is 1. The van der Waals surface area contributed by atoms with Crippen molar-refractivity contribution in [3.05, 3.63) is 71.3 Å². The standard InChI is InChI=1S/C24H30N2O4S/c1-7-18-14-19(22(30-5)15-21(18)26-31(6,28)29)16-25-23(27)13-10-17-8-11-20(12-9-17)24(2,3)4/h7-15,26H,1,16H2,2-6H3,(H,25,27)/b13-10+. The van der Waals surface area contributed by atoms with Crippen molar-refractivity contribution in [2.24, 2.45) is 0 Å². The molecule has 2 N–H and O–H groups in total. The van der Waals surface area contributed by atoms with E-state index in [0.29, 0.717) is 22.6 Å². The maximum atomic E-state index is 12.3. The Morgan fingerprint density at radius 3 is 2.32 bits per heavy atom. The van der Waals surface area contributed by atoms with Crippen LogP contribution in [0.5, 0.6) is 5.75 Å². The quantitative estimate of drug-likeness (QED) is 0.596. The zero-order chi connectivity index (χ0) is 23.2. The van der Waals surface area contributed by atoms with Gasteiger partial charge in [0.1, 0.15) is 5.75 Å². The van der Waals surface area contributed by atoms with Crippen LogP contribution in [0.25, 0.3) is 12.2 Å². The first-order valence-corrected chi connectivity index (χ1v) is 11.7. The summed E-state index contributed by atoms with van der Waals surface area (Å²) < 4.78 is 31.0. The van der Waals surface area contributed by atoms with Crippen molar-refractivity contribution >= 4 is 33.8 Å². The molecule has 31 heavy (non-hydrogen) atoms. The summed E-state index contributed by atoms with van der Waals surface area (Å²) in [5, 5.41) is 2.82. The molecule has 0 unspecified atom stereocenters. The van der Waals surface area contributed by atoms with E-state index in [9.17, 15) is 13.2 Å². The lowest BCUT2D eigenvalue weighted by molar-refractivity contribution is -0.116. The van der Waals surface area contributed by atoms with Crippen LogP contribution >= 0.6 is 0 Å². The Bertz CT molecular complexity index is 1080. The highest BCUT2D eigenvalue weighted by molar-refractivity contribution is 7.92. The van der Waals surface area contributed by atoms with Gasteiger partial charge in [-0.05, 0) is 34.2 Å². The average molecular weight is 443 g/mol. The molecule has 0 aliphatic rings. The number of carbonyl (C=O) groups is 1. The molecule has 0 saturated carbocycles. The lowest BCUT2D eigenvalue weighted by atomic mass is 9.87. The maximum Gasteiger partial charge on any atom is 0.244 e. The Morgan fingerprint density at radius 1 is 1.16 bits per heavy atom. The van der Waals surface area contributed by atoms with Crippen LogP contribution < -0.4 is 14.8 Å². The monoisotopic (exact) mass is 442 g/mol. The minimum Gasteiger partial charge on any atom is -0.496 e. The minimum absolute atomic E-state index is 0.0787. The first-order valence-electron chi connectivity index (χ1n) is 9.80. The van der Waals surface area contributed by atoms with Crippen molar-refractivity contribution in [3.8, 4) is 5.75 Å². The largest absolute Gasteiger partial charge is 0.496 e. The molecule has 166 valence electrons. The maximum absolute atomic E-state index is 12.3. The van der Waals surface area contributed by atoms with Crippen molar-refractivity contribution in [1.82, 2.24) is 5.32 Å². The SMILES string of the molecule is C=Cc1cc(CNC(=O)/C=C/c2ccc(C(C)(C)C)cc2)c(OC)cc1NS(C)(=O)=O. The Balaban J connectivity index is 2.10. The number of nitrogens with one attached hydrogen (secondary N) is 2. The molecule has 0 aromatic heterocycles. The second kappa shape index (κ2) is 9.83. The van der Waals surface area contributed by atoms with Crippen LogP contribution in [0.2, 0.25) is 0 Å². The molecule has 0 heterocycles. The van der Waals surface area contributed by atoms with Gasteiger partial charge >= 0.3 is 0 Å². The van der Waals surface area contributed by atoms with E-state index in [1.165, 1.54) is 18.7 Å². The van der Waals surface area contributed by atoms with Gasteiger partial charge in [-0.2, -0.15) is 0 Å². The minimum atomic E-state index is -3.45. The van der Waals surface area contributed by atoms with Gasteiger partial charge in [0.2, 0.25) is 15.9 Å². The van der Waals surface area contributed by atoms with Crippen LogP contribution in [-0.4, -0.2) is 27.7 Å². The summed E-state index contributed by atoms with van der Waals surface area (Å²) in [7, 11) is -1.96. The number of anilines is 1. The van der Waals surface area contributed by atoms with Gasteiger partial charge < -0.3 is 10.1 Å². The molecule has 0 aliphatic carbocycles. The van der Waals surface area contributed by atoms with Gasteiger partial charge in [-0.15, -0.1) is 0 Å². The van der Waals surface area contributed by atoms with E-state index >= 15 is 0 Å². The molecule has 0 fully saturated rings. The molecule has 1 amide bonds. The normalized spacial score (nSPS) is 11.9.